The van der Waals surface area contributed by atoms with E-state index in [1.165, 1.54) is 0 Å². The summed E-state index contributed by atoms with van der Waals surface area (Å²) in [5.74, 6) is 1.39. The van der Waals surface area contributed by atoms with Gasteiger partial charge in [-0.2, -0.15) is 0 Å². The molecule has 0 aliphatic carbocycles. The fourth-order valence-corrected chi connectivity index (χ4v) is 2.85. The second-order valence-corrected chi connectivity index (χ2v) is 5.84. The molecule has 0 aromatic heterocycles. The van der Waals surface area contributed by atoms with E-state index >= 15 is 0 Å². The van der Waals surface area contributed by atoms with Crippen LogP contribution in [0, 0.1) is 0 Å². The summed E-state index contributed by atoms with van der Waals surface area (Å²) in [6.45, 7) is 3.67. The quantitative estimate of drug-likeness (QED) is 0.834. The average Bonchev–Trinajstić information content (AvgIpc) is 2.62. The van der Waals surface area contributed by atoms with Crippen molar-refractivity contribution in [3.8, 4) is 11.5 Å². The minimum absolute atomic E-state index is 0.0954. The molecule has 2 amide bonds. The Hall–Kier alpha value is -1.99. The number of carbonyl (C=O) groups is 1. The maximum absolute atomic E-state index is 12.4. The van der Waals surface area contributed by atoms with Crippen molar-refractivity contribution in [2.45, 2.75) is 18.9 Å². The molecular formula is C17H24N2O5. The number of nitrogens with one attached hydrogen (secondary N) is 1. The molecule has 7 nitrogen and oxygen atoms in total. The van der Waals surface area contributed by atoms with Gasteiger partial charge in [-0.3, -0.25) is 0 Å². The standard InChI is InChI=1S/C17H24N2O5/c1-21-8-9-22-14-4-6-19(7-5-14)17(20)18-13-2-3-15-16(12-13)24-11-10-23-15/h2-3,12,14H,4-11H2,1H3,(H,18,20). The number of rotatable bonds is 5. The molecule has 1 aromatic carbocycles. The fraction of sp³-hybridized carbons (Fsp3) is 0.588. The number of fused-ring (bicyclic) bond motifs is 1. The Labute approximate surface area is 141 Å². The number of likely N-dealkylation sites (tertiary alicyclic amines) is 1. The van der Waals surface area contributed by atoms with E-state index in [4.69, 9.17) is 18.9 Å². The second kappa shape index (κ2) is 8.21. The van der Waals surface area contributed by atoms with Crippen molar-refractivity contribution in [1.29, 1.82) is 0 Å². The van der Waals surface area contributed by atoms with E-state index in [2.05, 4.69) is 5.32 Å². The molecule has 1 saturated heterocycles. The van der Waals surface area contributed by atoms with Crippen LogP contribution in [0.1, 0.15) is 12.8 Å². The lowest BCUT2D eigenvalue weighted by atomic mass is 10.1. The molecule has 0 spiro atoms. The van der Waals surface area contributed by atoms with Crippen LogP contribution >= 0.6 is 0 Å². The van der Waals surface area contributed by atoms with Gasteiger partial charge in [0.15, 0.2) is 11.5 Å². The van der Waals surface area contributed by atoms with Crippen molar-refractivity contribution in [1.82, 2.24) is 4.90 Å². The monoisotopic (exact) mass is 336 g/mol. The van der Waals surface area contributed by atoms with Gasteiger partial charge in [0.05, 0.1) is 19.3 Å². The van der Waals surface area contributed by atoms with Crippen molar-refractivity contribution in [3.05, 3.63) is 18.2 Å². The first-order valence-electron chi connectivity index (χ1n) is 8.32. The number of ether oxygens (including phenoxy) is 4. The van der Waals surface area contributed by atoms with Crippen molar-refractivity contribution in [2.75, 3.05) is 51.9 Å². The Morgan fingerprint density at radius 3 is 2.71 bits per heavy atom. The first-order valence-corrected chi connectivity index (χ1v) is 8.32. The van der Waals surface area contributed by atoms with Crippen LogP contribution in [-0.2, 0) is 9.47 Å². The predicted molar refractivity (Wildman–Crippen MR) is 88.9 cm³/mol. The molecule has 3 rings (SSSR count). The van der Waals surface area contributed by atoms with Crippen LogP contribution in [0.4, 0.5) is 10.5 Å². The summed E-state index contributed by atoms with van der Waals surface area (Å²) in [5.41, 5.74) is 0.711. The van der Waals surface area contributed by atoms with Gasteiger partial charge in [-0.25, -0.2) is 4.79 Å². The number of amides is 2. The average molecular weight is 336 g/mol. The summed E-state index contributed by atoms with van der Waals surface area (Å²) in [6, 6.07) is 5.35. The van der Waals surface area contributed by atoms with E-state index in [9.17, 15) is 4.79 Å². The van der Waals surface area contributed by atoms with Gasteiger partial charge in [-0.15, -0.1) is 0 Å². The van der Waals surface area contributed by atoms with Crippen molar-refractivity contribution in [2.24, 2.45) is 0 Å². The Balaban J connectivity index is 1.47. The number of methoxy groups -OCH3 is 1. The van der Waals surface area contributed by atoms with Gasteiger partial charge in [-0.1, -0.05) is 0 Å². The Bertz CT molecular complexity index is 558. The van der Waals surface area contributed by atoms with E-state index < -0.39 is 0 Å². The largest absolute Gasteiger partial charge is 0.486 e. The van der Waals surface area contributed by atoms with Crippen molar-refractivity contribution >= 4 is 11.7 Å². The number of hydrogen-bond acceptors (Lipinski definition) is 5. The Kier molecular flexibility index (Phi) is 5.77. The van der Waals surface area contributed by atoms with Crippen LogP contribution in [0.15, 0.2) is 18.2 Å². The number of carbonyl (C=O) groups excluding carboxylic acids is 1. The smallest absolute Gasteiger partial charge is 0.321 e. The highest BCUT2D eigenvalue weighted by Crippen LogP contribution is 2.32. The maximum atomic E-state index is 12.4. The lowest BCUT2D eigenvalue weighted by molar-refractivity contribution is -0.00851. The number of hydrogen-bond donors (Lipinski definition) is 1. The van der Waals surface area contributed by atoms with Gasteiger partial charge in [0.25, 0.3) is 0 Å². The molecule has 0 unspecified atom stereocenters. The summed E-state index contributed by atoms with van der Waals surface area (Å²) in [5, 5.41) is 2.92. The van der Waals surface area contributed by atoms with Gasteiger partial charge >= 0.3 is 6.03 Å². The fourth-order valence-electron chi connectivity index (χ4n) is 2.85. The molecule has 0 atom stereocenters. The molecule has 1 aromatic rings. The number of urea groups is 1. The summed E-state index contributed by atoms with van der Waals surface area (Å²) in [7, 11) is 1.66. The second-order valence-electron chi connectivity index (χ2n) is 5.84. The molecule has 0 bridgehead atoms. The molecule has 1 N–H and O–H groups in total. The number of benzene rings is 1. The molecular weight excluding hydrogens is 312 g/mol. The summed E-state index contributed by atoms with van der Waals surface area (Å²) < 4.78 is 21.7. The predicted octanol–water partition coefficient (Wildman–Crippen LogP) is 2.12. The lowest BCUT2D eigenvalue weighted by Gasteiger charge is -2.32. The molecule has 0 saturated carbocycles. The number of nitrogens with zero attached hydrogens (tertiary/aromatic N) is 1. The number of anilines is 1. The van der Waals surface area contributed by atoms with Crippen LogP contribution in [0.25, 0.3) is 0 Å². The third kappa shape index (κ3) is 4.30. The number of piperidine rings is 1. The van der Waals surface area contributed by atoms with Crippen LogP contribution in [-0.4, -0.2) is 63.7 Å². The molecule has 2 aliphatic heterocycles. The zero-order valence-corrected chi connectivity index (χ0v) is 14.0. The SMILES string of the molecule is COCCOC1CCN(C(=O)Nc2ccc3c(c2)OCCO3)CC1. The zero-order chi connectivity index (χ0) is 16.8. The first-order chi connectivity index (χ1) is 11.8. The highest BCUT2D eigenvalue weighted by atomic mass is 16.6. The van der Waals surface area contributed by atoms with Gasteiger partial charge in [-0.05, 0) is 25.0 Å². The third-order valence-electron chi connectivity index (χ3n) is 4.16. The highest BCUT2D eigenvalue weighted by molar-refractivity contribution is 5.89. The third-order valence-corrected chi connectivity index (χ3v) is 4.16. The Morgan fingerprint density at radius 1 is 1.21 bits per heavy atom. The van der Waals surface area contributed by atoms with Crippen LogP contribution in [0.2, 0.25) is 0 Å². The topological polar surface area (TPSA) is 69.3 Å². The summed E-state index contributed by atoms with van der Waals surface area (Å²) in [4.78, 5) is 14.2. The minimum Gasteiger partial charge on any atom is -0.486 e. The highest BCUT2D eigenvalue weighted by Gasteiger charge is 2.23. The minimum atomic E-state index is -0.0954. The molecule has 2 aliphatic rings. The van der Waals surface area contributed by atoms with Gasteiger partial charge < -0.3 is 29.2 Å². The molecule has 2 heterocycles. The summed E-state index contributed by atoms with van der Waals surface area (Å²) in [6.07, 6.45) is 1.90. The molecule has 132 valence electrons. The van der Waals surface area contributed by atoms with E-state index in [1.54, 1.807) is 13.2 Å². The zero-order valence-electron chi connectivity index (χ0n) is 14.0. The maximum Gasteiger partial charge on any atom is 0.321 e. The van der Waals surface area contributed by atoms with Crippen LogP contribution < -0.4 is 14.8 Å². The molecule has 1 fully saturated rings. The molecule has 24 heavy (non-hydrogen) atoms. The Morgan fingerprint density at radius 2 is 1.96 bits per heavy atom. The first kappa shape index (κ1) is 16.9. The molecule has 7 heteroatoms. The summed E-state index contributed by atoms with van der Waals surface area (Å²) >= 11 is 0. The van der Waals surface area contributed by atoms with E-state index in [1.807, 2.05) is 17.0 Å². The van der Waals surface area contributed by atoms with Crippen LogP contribution in [0.5, 0.6) is 11.5 Å². The van der Waals surface area contributed by atoms with Gasteiger partial charge in [0, 0.05) is 32.0 Å². The van der Waals surface area contributed by atoms with Gasteiger partial charge in [0.2, 0.25) is 0 Å². The lowest BCUT2D eigenvalue weighted by Crippen LogP contribution is -2.43. The molecule has 0 radical (unpaired) electrons. The van der Waals surface area contributed by atoms with Crippen molar-refractivity contribution < 1.29 is 23.7 Å². The van der Waals surface area contributed by atoms with Gasteiger partial charge in [0.1, 0.15) is 13.2 Å². The van der Waals surface area contributed by atoms with Crippen LogP contribution in [0.3, 0.4) is 0 Å². The van der Waals surface area contributed by atoms with E-state index in [0.29, 0.717) is 56.7 Å². The normalized spacial score (nSPS) is 17.6. The van der Waals surface area contributed by atoms with E-state index in [0.717, 1.165) is 12.8 Å². The van der Waals surface area contributed by atoms with Crippen molar-refractivity contribution in [3.63, 3.8) is 0 Å². The van der Waals surface area contributed by atoms with E-state index in [-0.39, 0.29) is 12.1 Å².